The number of amides is 1. The smallest absolute Gasteiger partial charge is 0.341 e. The fraction of sp³-hybridized carbons (Fsp3) is 0.667. The van der Waals surface area contributed by atoms with Gasteiger partial charge in [-0.25, -0.2) is 4.79 Å². The van der Waals surface area contributed by atoms with E-state index >= 15 is 0 Å². The molecule has 1 unspecified atom stereocenters. The molecule has 1 aromatic rings. The van der Waals surface area contributed by atoms with Crippen LogP contribution >= 0.6 is 23.1 Å². The second kappa shape index (κ2) is 8.56. The molecule has 0 radical (unpaired) electrons. The van der Waals surface area contributed by atoms with Gasteiger partial charge in [0.05, 0.1) is 18.2 Å². The van der Waals surface area contributed by atoms with Gasteiger partial charge in [-0.1, -0.05) is 0 Å². The number of nitrogens with one attached hydrogen (secondary N) is 1. The number of rotatable bonds is 5. The van der Waals surface area contributed by atoms with Gasteiger partial charge in [0.25, 0.3) is 0 Å². The summed E-state index contributed by atoms with van der Waals surface area (Å²) in [5.74, 6) is 1.80. The van der Waals surface area contributed by atoms with Crippen LogP contribution in [0.5, 0.6) is 0 Å². The summed E-state index contributed by atoms with van der Waals surface area (Å²) in [4.78, 5) is 28.7. The predicted octanol–water partition coefficient (Wildman–Crippen LogP) is 3.18. The van der Waals surface area contributed by atoms with Crippen LogP contribution in [-0.2, 0) is 22.4 Å². The van der Waals surface area contributed by atoms with E-state index in [4.69, 9.17) is 4.74 Å². The summed E-state index contributed by atoms with van der Waals surface area (Å²) in [7, 11) is 0. The number of ether oxygens (including phenoxy) is 1. The summed E-state index contributed by atoms with van der Waals surface area (Å²) in [6.07, 6.45) is 4.12. The summed E-state index contributed by atoms with van der Waals surface area (Å²) in [6, 6.07) is -0.185. The number of carbonyl (C=O) groups excluding carboxylic acids is 2. The molecule has 1 N–H and O–H groups in total. The van der Waals surface area contributed by atoms with Gasteiger partial charge in [0.15, 0.2) is 0 Å². The molecule has 138 valence electrons. The average Bonchev–Trinajstić information content (AvgIpc) is 2.99. The zero-order valence-corrected chi connectivity index (χ0v) is 16.6. The summed E-state index contributed by atoms with van der Waals surface area (Å²) in [5, 5.41) is 3.71. The van der Waals surface area contributed by atoms with E-state index in [1.165, 1.54) is 4.88 Å². The summed E-state index contributed by atoms with van der Waals surface area (Å²) >= 11 is 3.48. The molecule has 3 rings (SSSR count). The van der Waals surface area contributed by atoms with Crippen molar-refractivity contribution in [1.82, 2.24) is 4.90 Å². The summed E-state index contributed by atoms with van der Waals surface area (Å²) in [6.45, 7) is 5.98. The maximum Gasteiger partial charge on any atom is 0.341 e. The molecule has 1 aliphatic heterocycles. The van der Waals surface area contributed by atoms with Crippen LogP contribution in [0.2, 0.25) is 0 Å². The van der Waals surface area contributed by atoms with Crippen LogP contribution in [0.15, 0.2) is 0 Å². The van der Waals surface area contributed by atoms with E-state index in [0.29, 0.717) is 17.2 Å². The number of carbonyl (C=O) groups is 2. The lowest BCUT2D eigenvalue weighted by Gasteiger charge is -2.31. The van der Waals surface area contributed by atoms with Crippen LogP contribution in [0.4, 0.5) is 5.00 Å². The van der Waals surface area contributed by atoms with Gasteiger partial charge in [-0.3, -0.25) is 9.69 Å². The Bertz CT molecular complexity index is 639. The molecule has 1 aliphatic carbocycles. The lowest BCUT2D eigenvalue weighted by Crippen LogP contribution is -2.46. The standard InChI is InChI=1S/C18H26N2O3S2/c1-3-23-18(22)15-13-6-4-5-7-14(13)25-17(15)19-16(21)12(2)20-8-10-24-11-9-20/h12H,3-11H2,1-2H3,(H,19,21). The van der Waals surface area contributed by atoms with Gasteiger partial charge in [0.2, 0.25) is 5.91 Å². The van der Waals surface area contributed by atoms with Crippen molar-refractivity contribution in [3.8, 4) is 0 Å². The highest BCUT2D eigenvalue weighted by atomic mass is 32.2. The van der Waals surface area contributed by atoms with Gasteiger partial charge in [0, 0.05) is 29.5 Å². The Labute approximate surface area is 157 Å². The molecule has 1 atom stereocenters. The molecule has 1 amide bonds. The summed E-state index contributed by atoms with van der Waals surface area (Å²) < 4.78 is 5.25. The van der Waals surface area contributed by atoms with Crippen molar-refractivity contribution in [2.75, 3.05) is 36.5 Å². The molecule has 0 bridgehead atoms. The highest BCUT2D eigenvalue weighted by molar-refractivity contribution is 7.99. The fourth-order valence-corrected chi connectivity index (χ4v) is 5.63. The van der Waals surface area contributed by atoms with Crippen molar-refractivity contribution in [2.24, 2.45) is 0 Å². The minimum Gasteiger partial charge on any atom is -0.462 e. The van der Waals surface area contributed by atoms with E-state index in [2.05, 4.69) is 10.2 Å². The minimum atomic E-state index is -0.306. The molecular weight excluding hydrogens is 356 g/mol. The number of fused-ring (bicyclic) bond motifs is 1. The molecule has 25 heavy (non-hydrogen) atoms. The monoisotopic (exact) mass is 382 g/mol. The van der Waals surface area contributed by atoms with E-state index in [0.717, 1.165) is 55.8 Å². The fourth-order valence-electron chi connectivity index (χ4n) is 3.42. The van der Waals surface area contributed by atoms with Gasteiger partial charge >= 0.3 is 5.97 Å². The number of thiophene rings is 1. The van der Waals surface area contributed by atoms with Gasteiger partial charge < -0.3 is 10.1 Å². The topological polar surface area (TPSA) is 58.6 Å². The second-order valence-electron chi connectivity index (χ2n) is 6.45. The van der Waals surface area contributed by atoms with Crippen LogP contribution in [0.1, 0.15) is 47.5 Å². The molecule has 2 heterocycles. The molecule has 0 spiro atoms. The number of anilines is 1. The average molecular weight is 383 g/mol. The number of esters is 1. The zero-order chi connectivity index (χ0) is 17.8. The van der Waals surface area contributed by atoms with E-state index in [1.54, 1.807) is 11.3 Å². The molecule has 1 saturated heterocycles. The lowest BCUT2D eigenvalue weighted by molar-refractivity contribution is -0.120. The number of thioether (sulfide) groups is 1. The Morgan fingerprint density at radius 1 is 1.24 bits per heavy atom. The van der Waals surface area contributed by atoms with Crippen LogP contribution < -0.4 is 5.32 Å². The third-order valence-electron chi connectivity index (χ3n) is 4.86. The van der Waals surface area contributed by atoms with Gasteiger partial charge in [-0.15, -0.1) is 11.3 Å². The van der Waals surface area contributed by atoms with Crippen molar-refractivity contribution in [1.29, 1.82) is 0 Å². The van der Waals surface area contributed by atoms with Crippen molar-refractivity contribution in [3.05, 3.63) is 16.0 Å². The first kappa shape index (κ1) is 18.7. The Hall–Kier alpha value is -1.05. The number of hydrogen-bond donors (Lipinski definition) is 1. The molecule has 5 nitrogen and oxygen atoms in total. The van der Waals surface area contributed by atoms with E-state index in [9.17, 15) is 9.59 Å². The first-order valence-electron chi connectivity index (χ1n) is 9.06. The molecular formula is C18H26N2O3S2. The third kappa shape index (κ3) is 4.20. The number of hydrogen-bond acceptors (Lipinski definition) is 6. The van der Waals surface area contributed by atoms with E-state index in [1.807, 2.05) is 25.6 Å². The first-order chi connectivity index (χ1) is 12.1. The van der Waals surface area contributed by atoms with Crippen LogP contribution in [0, 0.1) is 0 Å². The van der Waals surface area contributed by atoms with Crippen molar-refractivity contribution >= 4 is 40.0 Å². The van der Waals surface area contributed by atoms with Crippen LogP contribution in [0.25, 0.3) is 0 Å². The molecule has 7 heteroatoms. The predicted molar refractivity (Wildman–Crippen MR) is 104 cm³/mol. The Morgan fingerprint density at radius 2 is 1.96 bits per heavy atom. The van der Waals surface area contributed by atoms with Gasteiger partial charge in [0.1, 0.15) is 5.00 Å². The molecule has 0 aromatic carbocycles. The molecule has 1 aromatic heterocycles. The zero-order valence-electron chi connectivity index (χ0n) is 14.9. The minimum absolute atomic E-state index is 0.0314. The van der Waals surface area contributed by atoms with Gasteiger partial charge in [-0.05, 0) is 45.1 Å². The highest BCUT2D eigenvalue weighted by Gasteiger charge is 2.29. The van der Waals surface area contributed by atoms with Crippen LogP contribution in [0.3, 0.4) is 0 Å². The van der Waals surface area contributed by atoms with Crippen molar-refractivity contribution in [3.63, 3.8) is 0 Å². The Morgan fingerprint density at radius 3 is 2.68 bits per heavy atom. The maximum atomic E-state index is 12.8. The first-order valence-corrected chi connectivity index (χ1v) is 11.0. The Balaban J connectivity index is 1.79. The SMILES string of the molecule is CCOC(=O)c1c(NC(=O)C(C)N2CCSCC2)sc2c1CCCC2. The van der Waals surface area contributed by atoms with E-state index in [-0.39, 0.29) is 17.9 Å². The lowest BCUT2D eigenvalue weighted by atomic mass is 9.95. The molecule has 0 saturated carbocycles. The third-order valence-corrected chi connectivity index (χ3v) is 7.01. The largest absolute Gasteiger partial charge is 0.462 e. The molecule has 1 fully saturated rings. The van der Waals surface area contributed by atoms with E-state index < -0.39 is 0 Å². The Kier molecular flexibility index (Phi) is 6.41. The van der Waals surface area contributed by atoms with Crippen molar-refractivity contribution in [2.45, 2.75) is 45.6 Å². The van der Waals surface area contributed by atoms with Crippen LogP contribution in [-0.4, -0.2) is 54.0 Å². The highest BCUT2D eigenvalue weighted by Crippen LogP contribution is 2.38. The second-order valence-corrected chi connectivity index (χ2v) is 8.78. The number of aryl methyl sites for hydroxylation is 1. The number of nitrogens with zero attached hydrogens (tertiary/aromatic N) is 1. The summed E-state index contributed by atoms with van der Waals surface area (Å²) in [5.41, 5.74) is 1.68. The van der Waals surface area contributed by atoms with Crippen molar-refractivity contribution < 1.29 is 14.3 Å². The van der Waals surface area contributed by atoms with Gasteiger partial charge in [-0.2, -0.15) is 11.8 Å². The quantitative estimate of drug-likeness (QED) is 0.793. The normalized spacial score (nSPS) is 19.1. The maximum absolute atomic E-state index is 12.8. The molecule has 2 aliphatic rings.